The standard InChI is InChI=1S/C16H18N2O3S/c1-2-5-13-8-10-15(11-9-13)22(20,21)18-17-12-14-6-3-4-7-16(14)19/h3-4,6-12,18-19H,2,5H2,1H3/b17-12+. The number of hydrogen-bond donors (Lipinski definition) is 2. The van der Waals surface area contributed by atoms with E-state index in [9.17, 15) is 13.5 Å². The maximum Gasteiger partial charge on any atom is 0.276 e. The van der Waals surface area contributed by atoms with E-state index in [0.29, 0.717) is 5.56 Å². The highest BCUT2D eigenvalue weighted by molar-refractivity contribution is 7.89. The SMILES string of the molecule is CCCc1ccc(S(=O)(=O)N/N=C/c2ccccc2O)cc1. The summed E-state index contributed by atoms with van der Waals surface area (Å²) in [4.78, 5) is 2.29. The zero-order valence-electron chi connectivity index (χ0n) is 12.2. The summed E-state index contributed by atoms with van der Waals surface area (Å²) < 4.78 is 24.2. The highest BCUT2D eigenvalue weighted by Crippen LogP contribution is 2.14. The number of phenolic OH excluding ortho intramolecular Hbond substituents is 1. The van der Waals surface area contributed by atoms with Crippen molar-refractivity contribution >= 4 is 16.2 Å². The van der Waals surface area contributed by atoms with Gasteiger partial charge in [0.25, 0.3) is 10.0 Å². The summed E-state index contributed by atoms with van der Waals surface area (Å²) in [5, 5.41) is 13.3. The van der Waals surface area contributed by atoms with Crippen LogP contribution < -0.4 is 4.83 Å². The number of benzene rings is 2. The Morgan fingerprint density at radius 2 is 1.82 bits per heavy atom. The third-order valence-electron chi connectivity index (χ3n) is 3.09. The first-order valence-electron chi connectivity index (χ1n) is 6.95. The molecule has 0 radical (unpaired) electrons. The number of hydrazone groups is 1. The van der Waals surface area contributed by atoms with Gasteiger partial charge in [-0.3, -0.25) is 0 Å². The Labute approximate surface area is 130 Å². The summed E-state index contributed by atoms with van der Waals surface area (Å²) in [5.74, 6) is 0.0365. The minimum atomic E-state index is -3.70. The molecule has 2 aromatic rings. The van der Waals surface area contributed by atoms with Crippen LogP contribution in [0.2, 0.25) is 0 Å². The summed E-state index contributed by atoms with van der Waals surface area (Å²) in [6, 6.07) is 13.2. The molecule has 6 heteroatoms. The molecule has 116 valence electrons. The number of rotatable bonds is 6. The molecule has 2 aromatic carbocycles. The summed E-state index contributed by atoms with van der Waals surface area (Å²) in [7, 11) is -3.70. The number of aromatic hydroxyl groups is 1. The normalized spacial score (nSPS) is 11.7. The van der Waals surface area contributed by atoms with Gasteiger partial charge in [-0.2, -0.15) is 13.5 Å². The Morgan fingerprint density at radius 3 is 2.45 bits per heavy atom. The van der Waals surface area contributed by atoms with Crippen LogP contribution in [-0.4, -0.2) is 19.7 Å². The second-order valence-corrected chi connectivity index (χ2v) is 6.47. The Morgan fingerprint density at radius 1 is 1.14 bits per heavy atom. The molecule has 2 rings (SSSR count). The van der Waals surface area contributed by atoms with Gasteiger partial charge in [0.2, 0.25) is 0 Å². The monoisotopic (exact) mass is 318 g/mol. The van der Waals surface area contributed by atoms with E-state index in [1.165, 1.54) is 12.3 Å². The molecule has 22 heavy (non-hydrogen) atoms. The molecule has 0 saturated carbocycles. The molecule has 0 heterocycles. The first kappa shape index (κ1) is 16.0. The lowest BCUT2D eigenvalue weighted by atomic mass is 10.1. The van der Waals surface area contributed by atoms with E-state index in [-0.39, 0.29) is 10.6 Å². The molecule has 0 aliphatic heterocycles. The van der Waals surface area contributed by atoms with Crippen LogP contribution in [0.3, 0.4) is 0 Å². The van der Waals surface area contributed by atoms with Crippen LogP contribution >= 0.6 is 0 Å². The quantitative estimate of drug-likeness (QED) is 0.635. The molecule has 0 atom stereocenters. The second-order valence-electron chi connectivity index (χ2n) is 4.81. The molecule has 0 amide bonds. The summed E-state index contributed by atoms with van der Waals surface area (Å²) in [6.45, 7) is 2.07. The molecule has 0 aliphatic carbocycles. The van der Waals surface area contributed by atoms with Crippen molar-refractivity contribution in [2.75, 3.05) is 0 Å². The van der Waals surface area contributed by atoms with E-state index in [2.05, 4.69) is 16.9 Å². The number of nitrogens with one attached hydrogen (secondary N) is 1. The van der Waals surface area contributed by atoms with Crippen LogP contribution in [0.5, 0.6) is 5.75 Å². The molecule has 0 unspecified atom stereocenters. The van der Waals surface area contributed by atoms with Crippen LogP contribution in [-0.2, 0) is 16.4 Å². The van der Waals surface area contributed by atoms with Crippen LogP contribution in [0.1, 0.15) is 24.5 Å². The minimum absolute atomic E-state index is 0.0365. The van der Waals surface area contributed by atoms with Crippen LogP contribution in [0.4, 0.5) is 0 Å². The lowest BCUT2D eigenvalue weighted by molar-refractivity contribution is 0.474. The van der Waals surface area contributed by atoms with Gasteiger partial charge in [-0.05, 0) is 36.2 Å². The first-order chi connectivity index (χ1) is 10.5. The van der Waals surface area contributed by atoms with Crippen molar-refractivity contribution in [2.45, 2.75) is 24.7 Å². The molecule has 0 saturated heterocycles. The zero-order valence-corrected chi connectivity index (χ0v) is 13.0. The molecule has 0 bridgehead atoms. The number of para-hydroxylation sites is 1. The van der Waals surface area contributed by atoms with Crippen molar-refractivity contribution < 1.29 is 13.5 Å². The van der Waals surface area contributed by atoms with Crippen LogP contribution in [0.15, 0.2) is 58.5 Å². The number of hydrogen-bond acceptors (Lipinski definition) is 4. The molecule has 0 spiro atoms. The molecule has 0 aromatic heterocycles. The average Bonchev–Trinajstić information content (AvgIpc) is 2.50. The number of nitrogens with zero attached hydrogens (tertiary/aromatic N) is 1. The minimum Gasteiger partial charge on any atom is -0.507 e. The highest BCUT2D eigenvalue weighted by atomic mass is 32.2. The van der Waals surface area contributed by atoms with Crippen LogP contribution in [0, 0.1) is 0 Å². The first-order valence-corrected chi connectivity index (χ1v) is 8.43. The number of sulfonamides is 1. The maximum absolute atomic E-state index is 12.1. The van der Waals surface area contributed by atoms with E-state index in [4.69, 9.17) is 0 Å². The van der Waals surface area contributed by atoms with E-state index in [0.717, 1.165) is 18.4 Å². The smallest absolute Gasteiger partial charge is 0.276 e. The topological polar surface area (TPSA) is 78.8 Å². The van der Waals surface area contributed by atoms with Crippen LogP contribution in [0.25, 0.3) is 0 Å². The van der Waals surface area contributed by atoms with Gasteiger partial charge < -0.3 is 5.11 Å². The molecule has 0 aliphatic rings. The molecular weight excluding hydrogens is 300 g/mol. The van der Waals surface area contributed by atoms with E-state index >= 15 is 0 Å². The highest BCUT2D eigenvalue weighted by Gasteiger charge is 2.12. The van der Waals surface area contributed by atoms with Crippen molar-refractivity contribution in [3.05, 3.63) is 59.7 Å². The van der Waals surface area contributed by atoms with Crippen molar-refractivity contribution in [3.8, 4) is 5.75 Å². The van der Waals surface area contributed by atoms with E-state index in [1.54, 1.807) is 42.5 Å². The van der Waals surface area contributed by atoms with Gasteiger partial charge in [-0.1, -0.05) is 37.6 Å². The molecular formula is C16H18N2O3S. The third kappa shape index (κ3) is 4.08. The lowest BCUT2D eigenvalue weighted by Gasteiger charge is -2.05. The largest absolute Gasteiger partial charge is 0.507 e. The number of phenols is 1. The van der Waals surface area contributed by atoms with Crippen molar-refractivity contribution in [1.29, 1.82) is 0 Å². The van der Waals surface area contributed by atoms with Gasteiger partial charge in [-0.25, -0.2) is 4.83 Å². The number of aryl methyl sites for hydroxylation is 1. The molecule has 0 fully saturated rings. The van der Waals surface area contributed by atoms with Gasteiger partial charge in [0.15, 0.2) is 0 Å². The predicted octanol–water partition coefficient (Wildman–Crippen LogP) is 2.66. The maximum atomic E-state index is 12.1. The predicted molar refractivity (Wildman–Crippen MR) is 86.5 cm³/mol. The van der Waals surface area contributed by atoms with Crippen molar-refractivity contribution in [2.24, 2.45) is 5.10 Å². The van der Waals surface area contributed by atoms with E-state index < -0.39 is 10.0 Å². The van der Waals surface area contributed by atoms with Crippen molar-refractivity contribution in [1.82, 2.24) is 4.83 Å². The Bertz CT molecular complexity index is 753. The lowest BCUT2D eigenvalue weighted by Crippen LogP contribution is -2.18. The van der Waals surface area contributed by atoms with Gasteiger partial charge in [0.05, 0.1) is 11.1 Å². The summed E-state index contributed by atoms with van der Waals surface area (Å²) in [6.07, 6.45) is 3.19. The zero-order chi connectivity index (χ0) is 16.0. The Balaban J connectivity index is 2.09. The van der Waals surface area contributed by atoms with Gasteiger partial charge >= 0.3 is 0 Å². The fourth-order valence-electron chi connectivity index (χ4n) is 1.94. The fourth-order valence-corrected chi connectivity index (χ4v) is 2.73. The summed E-state index contributed by atoms with van der Waals surface area (Å²) in [5.41, 5.74) is 1.53. The summed E-state index contributed by atoms with van der Waals surface area (Å²) >= 11 is 0. The average molecular weight is 318 g/mol. The van der Waals surface area contributed by atoms with Crippen molar-refractivity contribution in [3.63, 3.8) is 0 Å². The third-order valence-corrected chi connectivity index (χ3v) is 4.32. The van der Waals surface area contributed by atoms with Gasteiger partial charge in [0, 0.05) is 5.56 Å². The van der Waals surface area contributed by atoms with Gasteiger partial charge in [-0.15, -0.1) is 0 Å². The second kappa shape index (κ2) is 7.09. The van der Waals surface area contributed by atoms with E-state index in [1.807, 2.05) is 0 Å². The fraction of sp³-hybridized carbons (Fsp3) is 0.188. The van der Waals surface area contributed by atoms with Gasteiger partial charge in [0.1, 0.15) is 5.75 Å². The Hall–Kier alpha value is -2.34. The molecule has 5 nitrogen and oxygen atoms in total. The molecule has 2 N–H and O–H groups in total. The Kier molecular flexibility index (Phi) is 5.16.